The largest absolute Gasteiger partial charge is 0.356 e. The molecule has 1 fully saturated rings. The number of nitrogens with one attached hydrogen (secondary N) is 2. The molecule has 3 aromatic rings. The number of hydrogen-bond donors (Lipinski definition) is 2. The molecule has 3 heterocycles. The average Bonchev–Trinajstić information content (AvgIpc) is 3.33. The number of aromatic nitrogens is 2. The summed E-state index contributed by atoms with van der Waals surface area (Å²) in [6, 6.07) is 8.48. The van der Waals surface area contributed by atoms with Crippen LogP contribution in [-0.4, -0.2) is 79.5 Å². The van der Waals surface area contributed by atoms with Gasteiger partial charge in [-0.05, 0) is 37.6 Å². The van der Waals surface area contributed by atoms with Crippen molar-refractivity contribution in [3.05, 3.63) is 51.5 Å². The van der Waals surface area contributed by atoms with E-state index < -0.39 is 10.0 Å². The Bertz CT molecular complexity index is 1450. The highest BCUT2D eigenvalue weighted by atomic mass is 35.5. The highest BCUT2D eigenvalue weighted by molar-refractivity contribution is 7.91. The van der Waals surface area contributed by atoms with E-state index in [9.17, 15) is 18.0 Å². The molecule has 0 atom stereocenters. The summed E-state index contributed by atoms with van der Waals surface area (Å²) in [6.45, 7) is 9.31. The first-order valence-electron chi connectivity index (χ1n) is 12.7. The number of hydrogen-bond acceptors (Lipinski definition) is 8. The smallest absolute Gasteiger partial charge is 0.266 e. The molecular formula is C25H34Cl2N6O4S2. The standard InChI is InChI=1S/C25H33ClN6O4S2.ClH/c1-3-30-12-14-31(15-13-30)17-22-29-24-19(25(34)32(22)21-9-5-4-8-20(21)26)16-23(37-24)38(35,36)28-11-7-6-10-27-18(2)33;/h4-5,8-9,16,28H,3,6-7,10-15,17H2,1-2H3,(H,27,33);1H. The van der Waals surface area contributed by atoms with Gasteiger partial charge in [0.25, 0.3) is 5.56 Å². The Morgan fingerprint density at radius 3 is 2.44 bits per heavy atom. The lowest BCUT2D eigenvalue weighted by Gasteiger charge is -2.34. The Kier molecular flexibility index (Phi) is 11.3. The van der Waals surface area contributed by atoms with Crippen LogP contribution in [0.4, 0.5) is 0 Å². The van der Waals surface area contributed by atoms with E-state index in [1.165, 1.54) is 17.6 Å². The van der Waals surface area contributed by atoms with Crippen LogP contribution in [-0.2, 0) is 21.4 Å². The third kappa shape index (κ3) is 7.78. The summed E-state index contributed by atoms with van der Waals surface area (Å²) < 4.78 is 30.1. The van der Waals surface area contributed by atoms with Gasteiger partial charge >= 0.3 is 0 Å². The summed E-state index contributed by atoms with van der Waals surface area (Å²) >= 11 is 7.48. The third-order valence-electron chi connectivity index (χ3n) is 6.52. The molecule has 1 aromatic carbocycles. The number of para-hydroxylation sites is 1. The molecule has 214 valence electrons. The van der Waals surface area contributed by atoms with E-state index in [4.69, 9.17) is 16.6 Å². The topological polar surface area (TPSA) is 117 Å². The number of carbonyl (C=O) groups is 1. The van der Waals surface area contributed by atoms with Gasteiger partial charge in [-0.1, -0.05) is 30.7 Å². The summed E-state index contributed by atoms with van der Waals surface area (Å²) in [7, 11) is -3.83. The second-order valence-corrected chi connectivity index (χ2v) is 12.6. The van der Waals surface area contributed by atoms with Crippen molar-refractivity contribution in [3.63, 3.8) is 0 Å². The van der Waals surface area contributed by atoms with Gasteiger partial charge in [0.1, 0.15) is 14.9 Å². The normalized spacial score (nSPS) is 14.8. The maximum atomic E-state index is 13.8. The second kappa shape index (κ2) is 14.0. The molecule has 1 saturated heterocycles. The number of fused-ring (bicyclic) bond motifs is 1. The number of likely N-dealkylation sites (N-methyl/N-ethyl adjacent to an activating group) is 1. The van der Waals surface area contributed by atoms with Crippen LogP contribution in [0, 0.1) is 0 Å². The Hall–Kier alpha value is -2.06. The molecule has 39 heavy (non-hydrogen) atoms. The molecule has 10 nitrogen and oxygen atoms in total. The Labute approximate surface area is 243 Å². The minimum absolute atomic E-state index is 0. The highest BCUT2D eigenvalue weighted by Gasteiger charge is 2.24. The highest BCUT2D eigenvalue weighted by Crippen LogP contribution is 2.28. The van der Waals surface area contributed by atoms with Gasteiger partial charge in [0.15, 0.2) is 0 Å². The fourth-order valence-corrected chi connectivity index (χ4v) is 7.05. The summed E-state index contributed by atoms with van der Waals surface area (Å²) in [6.07, 6.45) is 1.21. The Balaban J connectivity index is 0.00000420. The number of nitrogens with zero attached hydrogens (tertiary/aromatic N) is 4. The molecule has 2 aromatic heterocycles. The van der Waals surface area contributed by atoms with Gasteiger partial charge in [0.2, 0.25) is 15.9 Å². The van der Waals surface area contributed by atoms with E-state index >= 15 is 0 Å². The van der Waals surface area contributed by atoms with Crippen LogP contribution in [0.2, 0.25) is 5.02 Å². The predicted octanol–water partition coefficient (Wildman–Crippen LogP) is 2.85. The van der Waals surface area contributed by atoms with Gasteiger partial charge in [-0.25, -0.2) is 18.1 Å². The van der Waals surface area contributed by atoms with Crippen molar-refractivity contribution >= 4 is 61.5 Å². The van der Waals surface area contributed by atoms with Crippen LogP contribution in [0.1, 0.15) is 32.5 Å². The molecule has 0 aliphatic carbocycles. The molecule has 2 N–H and O–H groups in total. The van der Waals surface area contributed by atoms with Crippen molar-refractivity contribution in [2.45, 2.75) is 37.4 Å². The first kappa shape index (κ1) is 31.5. The van der Waals surface area contributed by atoms with Crippen LogP contribution in [0.5, 0.6) is 0 Å². The van der Waals surface area contributed by atoms with Gasteiger partial charge in [-0.15, -0.1) is 23.7 Å². The predicted molar refractivity (Wildman–Crippen MR) is 158 cm³/mol. The van der Waals surface area contributed by atoms with E-state index in [0.717, 1.165) is 44.1 Å². The zero-order valence-electron chi connectivity index (χ0n) is 22.0. The average molecular weight is 618 g/mol. The molecule has 0 unspecified atom stereocenters. The Morgan fingerprint density at radius 1 is 1.10 bits per heavy atom. The maximum absolute atomic E-state index is 13.8. The third-order valence-corrected chi connectivity index (χ3v) is 9.80. The fraction of sp³-hybridized carbons (Fsp3) is 0.480. The van der Waals surface area contributed by atoms with Crippen LogP contribution < -0.4 is 15.6 Å². The number of carbonyl (C=O) groups excluding carboxylic acids is 1. The van der Waals surface area contributed by atoms with E-state index in [2.05, 4.69) is 26.8 Å². The molecule has 0 radical (unpaired) electrons. The van der Waals surface area contributed by atoms with E-state index in [1.807, 2.05) is 0 Å². The van der Waals surface area contributed by atoms with Crippen molar-refractivity contribution in [2.24, 2.45) is 0 Å². The molecular weight excluding hydrogens is 583 g/mol. The fourth-order valence-electron chi connectivity index (χ4n) is 4.38. The number of unbranched alkanes of at least 4 members (excludes halogenated alkanes) is 1. The Morgan fingerprint density at radius 2 is 1.77 bits per heavy atom. The summed E-state index contributed by atoms with van der Waals surface area (Å²) in [5.41, 5.74) is 0.168. The molecule has 0 bridgehead atoms. The first-order chi connectivity index (χ1) is 18.2. The number of benzene rings is 1. The van der Waals surface area contributed by atoms with E-state index in [-0.39, 0.29) is 40.0 Å². The number of rotatable bonds is 11. The SMILES string of the molecule is CCN1CCN(Cc2nc3sc(S(=O)(=O)NCCCCNC(C)=O)cc3c(=O)n2-c2ccccc2Cl)CC1.Cl. The molecule has 4 rings (SSSR count). The minimum Gasteiger partial charge on any atom is -0.356 e. The van der Waals surface area contributed by atoms with Gasteiger partial charge < -0.3 is 10.2 Å². The second-order valence-electron chi connectivity index (χ2n) is 9.20. The quantitative estimate of drug-likeness (QED) is 0.318. The van der Waals surface area contributed by atoms with Crippen LogP contribution in [0.15, 0.2) is 39.3 Å². The first-order valence-corrected chi connectivity index (χ1v) is 15.4. The monoisotopic (exact) mass is 616 g/mol. The van der Waals surface area contributed by atoms with E-state index in [0.29, 0.717) is 47.3 Å². The summed E-state index contributed by atoms with van der Waals surface area (Å²) in [5, 5.41) is 3.34. The van der Waals surface area contributed by atoms with Crippen molar-refractivity contribution < 1.29 is 13.2 Å². The van der Waals surface area contributed by atoms with Crippen molar-refractivity contribution in [1.29, 1.82) is 0 Å². The zero-order valence-corrected chi connectivity index (χ0v) is 25.2. The summed E-state index contributed by atoms with van der Waals surface area (Å²) in [5.74, 6) is 0.408. The molecule has 1 aliphatic heterocycles. The van der Waals surface area contributed by atoms with Crippen molar-refractivity contribution in [2.75, 3.05) is 45.8 Å². The lowest BCUT2D eigenvalue weighted by molar-refractivity contribution is -0.118. The minimum atomic E-state index is -3.83. The molecule has 0 saturated carbocycles. The number of amides is 1. The van der Waals surface area contributed by atoms with Gasteiger partial charge in [0.05, 0.1) is 22.6 Å². The van der Waals surface area contributed by atoms with Gasteiger partial charge in [0, 0.05) is 46.2 Å². The zero-order chi connectivity index (χ0) is 27.3. The van der Waals surface area contributed by atoms with Gasteiger partial charge in [-0.2, -0.15) is 0 Å². The molecule has 14 heteroatoms. The van der Waals surface area contributed by atoms with Gasteiger partial charge in [-0.3, -0.25) is 19.1 Å². The number of sulfonamides is 1. The van der Waals surface area contributed by atoms with Crippen LogP contribution in [0.3, 0.4) is 0 Å². The number of piperazine rings is 1. The number of thiophene rings is 1. The lowest BCUT2D eigenvalue weighted by atomic mass is 10.2. The van der Waals surface area contributed by atoms with Crippen molar-refractivity contribution in [3.8, 4) is 5.69 Å². The summed E-state index contributed by atoms with van der Waals surface area (Å²) in [4.78, 5) is 34.5. The molecule has 1 aliphatic rings. The van der Waals surface area contributed by atoms with Crippen LogP contribution >= 0.6 is 35.3 Å². The number of halogens is 2. The maximum Gasteiger partial charge on any atom is 0.266 e. The molecule has 0 spiro atoms. The van der Waals surface area contributed by atoms with Crippen LogP contribution in [0.25, 0.3) is 15.9 Å². The lowest BCUT2D eigenvalue weighted by Crippen LogP contribution is -2.46. The molecule has 1 amide bonds. The van der Waals surface area contributed by atoms with E-state index in [1.54, 1.807) is 24.3 Å². The van der Waals surface area contributed by atoms with Crippen molar-refractivity contribution in [1.82, 2.24) is 29.4 Å².